The van der Waals surface area contributed by atoms with Crippen LogP contribution in [0.25, 0.3) is 0 Å². The molecule has 1 aliphatic heterocycles. The zero-order valence-electron chi connectivity index (χ0n) is 12.3. The summed E-state index contributed by atoms with van der Waals surface area (Å²) >= 11 is 0. The maximum absolute atomic E-state index is 4.67. The number of aromatic nitrogens is 5. The topological polar surface area (TPSA) is 68.5 Å². The van der Waals surface area contributed by atoms with E-state index in [2.05, 4.69) is 36.1 Å². The van der Waals surface area contributed by atoms with Gasteiger partial charge in [0.1, 0.15) is 5.82 Å². The second kappa shape index (κ2) is 5.09. The van der Waals surface area contributed by atoms with Gasteiger partial charge >= 0.3 is 0 Å². The first kappa shape index (κ1) is 12.7. The van der Waals surface area contributed by atoms with Gasteiger partial charge in [-0.25, -0.2) is 9.97 Å². The number of anilines is 1. The van der Waals surface area contributed by atoms with E-state index in [-0.39, 0.29) is 0 Å². The second-order valence-corrected chi connectivity index (χ2v) is 6.03. The molecule has 21 heavy (non-hydrogen) atoms. The van der Waals surface area contributed by atoms with Gasteiger partial charge in [0.15, 0.2) is 5.82 Å². The van der Waals surface area contributed by atoms with E-state index in [9.17, 15) is 0 Å². The molecule has 0 spiro atoms. The SMILES string of the molecule is Cc1cc(C2CCC2)nc(NCc2nnc3n2CCC3)n1. The van der Waals surface area contributed by atoms with E-state index in [1.54, 1.807) is 0 Å². The number of aryl methyl sites for hydroxylation is 2. The number of hydrogen-bond acceptors (Lipinski definition) is 5. The van der Waals surface area contributed by atoms with Gasteiger partial charge in [-0.2, -0.15) is 0 Å². The summed E-state index contributed by atoms with van der Waals surface area (Å²) in [6, 6.07) is 2.11. The molecule has 2 aromatic heterocycles. The first-order valence-electron chi connectivity index (χ1n) is 7.80. The normalized spacial score (nSPS) is 17.6. The lowest BCUT2D eigenvalue weighted by molar-refractivity contribution is 0.410. The summed E-state index contributed by atoms with van der Waals surface area (Å²) in [5.41, 5.74) is 2.21. The minimum Gasteiger partial charge on any atom is -0.347 e. The fraction of sp³-hybridized carbons (Fsp3) is 0.600. The van der Waals surface area contributed by atoms with Crippen molar-refractivity contribution in [2.45, 2.75) is 58.0 Å². The molecule has 0 aromatic carbocycles. The van der Waals surface area contributed by atoms with Crippen LogP contribution in [0.15, 0.2) is 6.07 Å². The Bertz CT molecular complexity index is 658. The van der Waals surface area contributed by atoms with Crippen LogP contribution in [0.4, 0.5) is 5.95 Å². The van der Waals surface area contributed by atoms with Gasteiger partial charge in [0.2, 0.25) is 5.95 Å². The fourth-order valence-corrected chi connectivity index (χ4v) is 3.08. The third kappa shape index (κ3) is 2.39. The summed E-state index contributed by atoms with van der Waals surface area (Å²) in [6.45, 7) is 3.70. The van der Waals surface area contributed by atoms with Crippen LogP contribution >= 0.6 is 0 Å². The molecule has 1 aliphatic carbocycles. The van der Waals surface area contributed by atoms with E-state index in [1.165, 1.54) is 31.4 Å². The van der Waals surface area contributed by atoms with Crippen molar-refractivity contribution in [2.24, 2.45) is 0 Å². The molecule has 0 saturated heterocycles. The van der Waals surface area contributed by atoms with Crippen molar-refractivity contribution < 1.29 is 0 Å². The maximum Gasteiger partial charge on any atom is 0.223 e. The lowest BCUT2D eigenvalue weighted by Gasteiger charge is -2.25. The Morgan fingerprint density at radius 1 is 1.24 bits per heavy atom. The van der Waals surface area contributed by atoms with Gasteiger partial charge in [-0.1, -0.05) is 6.42 Å². The average Bonchev–Trinajstić information content (AvgIpc) is 2.96. The Labute approximate surface area is 124 Å². The second-order valence-electron chi connectivity index (χ2n) is 6.03. The Hall–Kier alpha value is -1.98. The minimum absolute atomic E-state index is 0.629. The highest BCUT2D eigenvalue weighted by atomic mass is 15.3. The third-order valence-corrected chi connectivity index (χ3v) is 4.49. The van der Waals surface area contributed by atoms with Crippen molar-refractivity contribution in [3.63, 3.8) is 0 Å². The van der Waals surface area contributed by atoms with Crippen LogP contribution in [-0.2, 0) is 19.5 Å². The van der Waals surface area contributed by atoms with Crippen molar-refractivity contribution >= 4 is 5.95 Å². The molecule has 110 valence electrons. The van der Waals surface area contributed by atoms with E-state index in [0.29, 0.717) is 18.4 Å². The van der Waals surface area contributed by atoms with Crippen LogP contribution in [0.1, 0.15) is 54.6 Å². The Morgan fingerprint density at radius 2 is 2.14 bits per heavy atom. The first-order chi connectivity index (χ1) is 10.3. The predicted molar refractivity (Wildman–Crippen MR) is 79.0 cm³/mol. The number of fused-ring (bicyclic) bond motifs is 1. The highest BCUT2D eigenvalue weighted by Gasteiger charge is 2.22. The molecule has 1 saturated carbocycles. The van der Waals surface area contributed by atoms with E-state index < -0.39 is 0 Å². The Kier molecular flexibility index (Phi) is 3.09. The molecule has 6 nitrogen and oxygen atoms in total. The molecule has 1 fully saturated rings. The molecular weight excluding hydrogens is 264 g/mol. The van der Waals surface area contributed by atoms with Crippen molar-refractivity contribution in [1.29, 1.82) is 0 Å². The summed E-state index contributed by atoms with van der Waals surface area (Å²) in [7, 11) is 0. The van der Waals surface area contributed by atoms with Gasteiger partial charge < -0.3 is 9.88 Å². The zero-order chi connectivity index (χ0) is 14.2. The quantitative estimate of drug-likeness (QED) is 0.932. The highest BCUT2D eigenvalue weighted by molar-refractivity contribution is 5.30. The molecule has 2 aromatic rings. The Balaban J connectivity index is 1.50. The molecule has 1 N–H and O–H groups in total. The molecule has 0 atom stereocenters. The Morgan fingerprint density at radius 3 is 2.95 bits per heavy atom. The minimum atomic E-state index is 0.629. The number of hydrogen-bond donors (Lipinski definition) is 1. The van der Waals surface area contributed by atoms with Gasteiger partial charge in [0.25, 0.3) is 0 Å². The summed E-state index contributed by atoms with van der Waals surface area (Å²) in [4.78, 5) is 9.16. The highest BCUT2D eigenvalue weighted by Crippen LogP contribution is 2.35. The monoisotopic (exact) mass is 284 g/mol. The summed E-state index contributed by atoms with van der Waals surface area (Å²) in [5.74, 6) is 3.43. The lowest BCUT2D eigenvalue weighted by atomic mass is 9.83. The molecule has 6 heteroatoms. The van der Waals surface area contributed by atoms with Crippen LogP contribution in [0.3, 0.4) is 0 Å². The largest absolute Gasteiger partial charge is 0.347 e. The van der Waals surface area contributed by atoms with E-state index in [1.807, 2.05) is 6.92 Å². The van der Waals surface area contributed by atoms with Crippen molar-refractivity contribution in [1.82, 2.24) is 24.7 Å². The zero-order valence-corrected chi connectivity index (χ0v) is 12.3. The van der Waals surface area contributed by atoms with Crippen LogP contribution in [0.5, 0.6) is 0 Å². The number of nitrogens with one attached hydrogen (secondary N) is 1. The van der Waals surface area contributed by atoms with Gasteiger partial charge in [-0.05, 0) is 32.3 Å². The molecule has 4 rings (SSSR count). The molecule has 0 radical (unpaired) electrons. The first-order valence-corrected chi connectivity index (χ1v) is 7.80. The molecule has 0 unspecified atom stereocenters. The summed E-state index contributed by atoms with van der Waals surface area (Å²) in [6.07, 6.45) is 6.05. The molecule has 0 amide bonds. The van der Waals surface area contributed by atoms with Gasteiger partial charge in [-0.15, -0.1) is 10.2 Å². The fourth-order valence-electron chi connectivity index (χ4n) is 3.08. The van der Waals surface area contributed by atoms with E-state index in [4.69, 9.17) is 0 Å². The van der Waals surface area contributed by atoms with Crippen LogP contribution in [0, 0.1) is 6.92 Å². The van der Waals surface area contributed by atoms with Crippen LogP contribution < -0.4 is 5.32 Å². The molecule has 2 aliphatic rings. The smallest absolute Gasteiger partial charge is 0.223 e. The summed E-state index contributed by atoms with van der Waals surface area (Å²) in [5, 5.41) is 11.8. The molecule has 3 heterocycles. The van der Waals surface area contributed by atoms with Crippen molar-refractivity contribution in [3.05, 3.63) is 29.1 Å². The van der Waals surface area contributed by atoms with Crippen LogP contribution in [0.2, 0.25) is 0 Å². The van der Waals surface area contributed by atoms with Gasteiger partial charge in [0, 0.05) is 30.3 Å². The van der Waals surface area contributed by atoms with Gasteiger partial charge in [-0.3, -0.25) is 0 Å². The maximum atomic E-state index is 4.67. The third-order valence-electron chi connectivity index (χ3n) is 4.49. The average molecular weight is 284 g/mol. The van der Waals surface area contributed by atoms with Crippen molar-refractivity contribution in [3.8, 4) is 0 Å². The van der Waals surface area contributed by atoms with E-state index >= 15 is 0 Å². The number of nitrogens with zero attached hydrogens (tertiary/aromatic N) is 5. The van der Waals surface area contributed by atoms with Gasteiger partial charge in [0.05, 0.1) is 6.54 Å². The van der Waals surface area contributed by atoms with Crippen molar-refractivity contribution in [2.75, 3.05) is 5.32 Å². The lowest BCUT2D eigenvalue weighted by Crippen LogP contribution is -2.14. The standard InChI is InChI=1S/C15H20N6/c1-10-8-12(11-4-2-5-11)18-15(17-10)16-9-14-20-19-13-6-3-7-21(13)14/h8,11H,2-7,9H2,1H3,(H,16,17,18). The summed E-state index contributed by atoms with van der Waals surface area (Å²) < 4.78 is 2.20. The van der Waals surface area contributed by atoms with Crippen LogP contribution in [-0.4, -0.2) is 24.7 Å². The van der Waals surface area contributed by atoms with E-state index in [0.717, 1.165) is 30.3 Å². The molecular formula is C15H20N6. The predicted octanol–water partition coefficient (Wildman–Crippen LogP) is 2.20. The number of rotatable bonds is 4. The molecule has 0 bridgehead atoms.